The predicted octanol–water partition coefficient (Wildman–Crippen LogP) is 3.38. The maximum Gasteiger partial charge on any atom is 0.471 e. The molecule has 2 aliphatic carbocycles. The molecule has 0 aliphatic heterocycles. The standard InChI is InChI=1S/C13H18F3N3O/c14-13(15,16)10-18-9(19-20-10)12(17)7-5-11(6-8-12)3-1-2-4-11/h1-8,17H2. The molecule has 1 heterocycles. The molecule has 112 valence electrons. The largest absolute Gasteiger partial charge is 0.471 e. The number of halogens is 3. The van der Waals surface area contributed by atoms with E-state index < -0.39 is 17.6 Å². The van der Waals surface area contributed by atoms with Crippen molar-refractivity contribution in [2.75, 3.05) is 0 Å². The van der Waals surface area contributed by atoms with Gasteiger partial charge in [0.25, 0.3) is 0 Å². The SMILES string of the molecule is NC1(c2noc(C(F)(F)F)n2)CCC2(CCCC2)CC1. The van der Waals surface area contributed by atoms with Crippen LogP contribution in [0.3, 0.4) is 0 Å². The van der Waals surface area contributed by atoms with E-state index >= 15 is 0 Å². The number of hydrogen-bond acceptors (Lipinski definition) is 4. The Bertz CT molecular complexity index is 481. The zero-order chi connectivity index (χ0) is 14.4. The van der Waals surface area contributed by atoms with Gasteiger partial charge in [-0.05, 0) is 43.9 Å². The summed E-state index contributed by atoms with van der Waals surface area (Å²) in [6, 6.07) is 0. The van der Waals surface area contributed by atoms with Gasteiger partial charge in [0.1, 0.15) is 0 Å². The van der Waals surface area contributed by atoms with Crippen molar-refractivity contribution in [3.8, 4) is 0 Å². The van der Waals surface area contributed by atoms with E-state index in [-0.39, 0.29) is 5.82 Å². The monoisotopic (exact) mass is 289 g/mol. The van der Waals surface area contributed by atoms with Gasteiger partial charge in [0, 0.05) is 0 Å². The molecular formula is C13H18F3N3O. The van der Waals surface area contributed by atoms with E-state index in [0.717, 1.165) is 12.8 Å². The van der Waals surface area contributed by atoms with Gasteiger partial charge >= 0.3 is 12.1 Å². The van der Waals surface area contributed by atoms with Gasteiger partial charge in [0.05, 0.1) is 5.54 Å². The highest BCUT2D eigenvalue weighted by Crippen LogP contribution is 2.52. The zero-order valence-electron chi connectivity index (χ0n) is 11.2. The summed E-state index contributed by atoms with van der Waals surface area (Å²) in [5.41, 5.74) is 5.72. The van der Waals surface area contributed by atoms with Crippen molar-refractivity contribution in [3.63, 3.8) is 0 Å². The molecule has 2 N–H and O–H groups in total. The molecular weight excluding hydrogens is 271 g/mol. The molecule has 0 bridgehead atoms. The first-order valence-electron chi connectivity index (χ1n) is 7.03. The lowest BCUT2D eigenvalue weighted by atomic mass is 9.66. The first-order chi connectivity index (χ1) is 9.33. The predicted molar refractivity (Wildman–Crippen MR) is 64.5 cm³/mol. The summed E-state index contributed by atoms with van der Waals surface area (Å²) in [5.74, 6) is -1.31. The Morgan fingerprint density at radius 1 is 1.00 bits per heavy atom. The molecule has 20 heavy (non-hydrogen) atoms. The lowest BCUT2D eigenvalue weighted by Crippen LogP contribution is -2.44. The summed E-state index contributed by atoms with van der Waals surface area (Å²) in [6.45, 7) is 0. The van der Waals surface area contributed by atoms with Crippen molar-refractivity contribution >= 4 is 0 Å². The summed E-state index contributed by atoms with van der Waals surface area (Å²) >= 11 is 0. The topological polar surface area (TPSA) is 64.9 Å². The van der Waals surface area contributed by atoms with Crippen molar-refractivity contribution in [1.29, 1.82) is 0 Å². The number of rotatable bonds is 1. The van der Waals surface area contributed by atoms with Crippen molar-refractivity contribution in [2.24, 2.45) is 11.1 Å². The van der Waals surface area contributed by atoms with Gasteiger partial charge in [-0.25, -0.2) is 0 Å². The molecule has 3 rings (SSSR count). The van der Waals surface area contributed by atoms with Crippen LogP contribution in [0.25, 0.3) is 0 Å². The molecule has 0 saturated heterocycles. The first kappa shape index (κ1) is 13.9. The summed E-state index contributed by atoms with van der Waals surface area (Å²) < 4.78 is 41.8. The fourth-order valence-electron chi connectivity index (χ4n) is 3.62. The van der Waals surface area contributed by atoms with E-state index in [0.29, 0.717) is 18.3 Å². The smallest absolute Gasteiger partial charge is 0.329 e. The number of aromatic nitrogens is 2. The summed E-state index contributed by atoms with van der Waals surface area (Å²) in [5, 5.41) is 3.46. The second kappa shape index (κ2) is 4.44. The highest BCUT2D eigenvalue weighted by molar-refractivity contribution is 5.09. The van der Waals surface area contributed by atoms with E-state index in [9.17, 15) is 13.2 Å². The van der Waals surface area contributed by atoms with Crippen LogP contribution < -0.4 is 5.73 Å². The normalized spacial score (nSPS) is 25.2. The van der Waals surface area contributed by atoms with Crippen LogP contribution in [-0.2, 0) is 11.7 Å². The van der Waals surface area contributed by atoms with E-state index in [1.54, 1.807) is 0 Å². The highest BCUT2D eigenvalue weighted by atomic mass is 19.4. The lowest BCUT2D eigenvalue weighted by molar-refractivity contribution is -0.159. The van der Waals surface area contributed by atoms with Gasteiger partial charge in [0.15, 0.2) is 5.82 Å². The van der Waals surface area contributed by atoms with Gasteiger partial charge in [-0.3, -0.25) is 0 Å². The third-order valence-electron chi connectivity index (χ3n) is 4.98. The number of alkyl halides is 3. The molecule has 0 radical (unpaired) electrons. The fourth-order valence-corrected chi connectivity index (χ4v) is 3.62. The fraction of sp³-hybridized carbons (Fsp3) is 0.846. The van der Waals surface area contributed by atoms with Crippen LogP contribution in [0.4, 0.5) is 13.2 Å². The molecule has 0 amide bonds. The number of hydrogen-bond donors (Lipinski definition) is 1. The van der Waals surface area contributed by atoms with Crippen LogP contribution >= 0.6 is 0 Å². The molecule has 0 atom stereocenters. The zero-order valence-corrected chi connectivity index (χ0v) is 11.2. The van der Waals surface area contributed by atoms with Crippen LogP contribution in [0.5, 0.6) is 0 Å². The van der Waals surface area contributed by atoms with Crippen LogP contribution in [0.1, 0.15) is 63.1 Å². The average molecular weight is 289 g/mol. The van der Waals surface area contributed by atoms with E-state index in [2.05, 4.69) is 14.7 Å². The maximum absolute atomic E-state index is 12.5. The molecule has 7 heteroatoms. The molecule has 1 aromatic rings. The molecule has 2 aliphatic rings. The minimum Gasteiger partial charge on any atom is -0.329 e. The van der Waals surface area contributed by atoms with E-state index in [1.807, 2.05) is 0 Å². The Kier molecular flexibility index (Phi) is 3.08. The van der Waals surface area contributed by atoms with Crippen LogP contribution in [-0.4, -0.2) is 10.1 Å². The van der Waals surface area contributed by atoms with Gasteiger partial charge in [-0.2, -0.15) is 18.2 Å². The minimum atomic E-state index is -4.61. The average Bonchev–Trinajstić information content (AvgIpc) is 3.03. The third kappa shape index (κ3) is 2.32. The molecule has 0 unspecified atom stereocenters. The summed E-state index contributed by atoms with van der Waals surface area (Å²) in [4.78, 5) is 3.46. The van der Waals surface area contributed by atoms with Crippen LogP contribution in [0.2, 0.25) is 0 Å². The Hall–Kier alpha value is -1.11. The Morgan fingerprint density at radius 2 is 1.60 bits per heavy atom. The van der Waals surface area contributed by atoms with Crippen molar-refractivity contribution in [2.45, 2.75) is 63.1 Å². The Labute approximate surface area is 114 Å². The minimum absolute atomic E-state index is 0.00216. The summed E-state index contributed by atoms with van der Waals surface area (Å²) in [7, 11) is 0. The van der Waals surface area contributed by atoms with Crippen molar-refractivity contribution < 1.29 is 17.7 Å². The van der Waals surface area contributed by atoms with E-state index in [1.165, 1.54) is 25.7 Å². The second-order valence-electron chi connectivity index (χ2n) is 6.28. The van der Waals surface area contributed by atoms with Gasteiger partial charge in [0.2, 0.25) is 0 Å². The quantitative estimate of drug-likeness (QED) is 0.860. The Balaban J connectivity index is 1.75. The molecule has 1 aromatic heterocycles. The van der Waals surface area contributed by atoms with Crippen molar-refractivity contribution in [3.05, 3.63) is 11.7 Å². The molecule has 0 aromatic carbocycles. The number of nitrogens with zero attached hydrogens (tertiary/aromatic N) is 2. The lowest BCUT2D eigenvalue weighted by Gasteiger charge is -2.41. The molecule has 1 spiro atoms. The number of nitrogens with two attached hydrogens (primary N) is 1. The highest BCUT2D eigenvalue weighted by Gasteiger charge is 2.46. The maximum atomic E-state index is 12.5. The van der Waals surface area contributed by atoms with Gasteiger partial charge < -0.3 is 10.3 Å². The Morgan fingerprint density at radius 3 is 2.10 bits per heavy atom. The van der Waals surface area contributed by atoms with Crippen molar-refractivity contribution in [1.82, 2.24) is 10.1 Å². The first-order valence-corrected chi connectivity index (χ1v) is 7.03. The molecule has 2 fully saturated rings. The third-order valence-corrected chi connectivity index (χ3v) is 4.98. The van der Waals surface area contributed by atoms with Crippen LogP contribution in [0, 0.1) is 5.41 Å². The van der Waals surface area contributed by atoms with Crippen LogP contribution in [0.15, 0.2) is 4.52 Å². The van der Waals surface area contributed by atoms with Gasteiger partial charge in [-0.15, -0.1) is 0 Å². The second-order valence-corrected chi connectivity index (χ2v) is 6.28. The summed E-state index contributed by atoms with van der Waals surface area (Å²) in [6.07, 6.45) is 3.46. The molecule has 2 saturated carbocycles. The molecule has 4 nitrogen and oxygen atoms in total. The van der Waals surface area contributed by atoms with Gasteiger partial charge in [-0.1, -0.05) is 18.0 Å². The van der Waals surface area contributed by atoms with E-state index in [4.69, 9.17) is 5.73 Å².